The zero-order valence-corrected chi connectivity index (χ0v) is 6.62. The fourth-order valence-electron chi connectivity index (χ4n) is 2.60. The minimum absolute atomic E-state index is 0.0233. The van der Waals surface area contributed by atoms with Gasteiger partial charge in [0.25, 0.3) is 0 Å². The minimum Gasteiger partial charge on any atom is -0.404 e. The first-order chi connectivity index (χ1) is 5.34. The summed E-state index contributed by atoms with van der Waals surface area (Å²) in [5.41, 5.74) is 0. The second-order valence-corrected chi connectivity index (χ2v) is 3.73. The lowest BCUT2D eigenvalue weighted by Gasteiger charge is -2.20. The quantitative estimate of drug-likeness (QED) is 0.497. The zero-order valence-electron chi connectivity index (χ0n) is 6.62. The molecule has 1 N–H and O–H groups in total. The highest BCUT2D eigenvalue weighted by Gasteiger charge is 2.53. The lowest BCUT2D eigenvalue weighted by molar-refractivity contribution is 0.139. The fraction of sp³-hybridized carbons (Fsp3) is 1.00. The predicted molar refractivity (Wildman–Crippen MR) is 41.3 cm³/mol. The summed E-state index contributed by atoms with van der Waals surface area (Å²) in [6.07, 6.45) is 3.23. The molecule has 3 heterocycles. The van der Waals surface area contributed by atoms with Crippen LogP contribution in [0.3, 0.4) is 0 Å². The summed E-state index contributed by atoms with van der Waals surface area (Å²) in [6, 6.07) is 1.16. The Kier molecular flexibility index (Phi) is 1.17. The highest BCUT2D eigenvalue weighted by Crippen LogP contribution is 2.37. The Balaban J connectivity index is 1.87. The normalized spacial score (nSPS) is 53.7. The van der Waals surface area contributed by atoms with Crippen molar-refractivity contribution >= 4 is 7.12 Å². The molecule has 0 amide bonds. The Morgan fingerprint density at radius 2 is 1.73 bits per heavy atom. The summed E-state index contributed by atoms with van der Waals surface area (Å²) in [6.45, 7) is 1.98. The van der Waals surface area contributed by atoms with E-state index in [2.05, 4.69) is 5.32 Å². The highest BCUT2D eigenvalue weighted by molar-refractivity contribution is 6.43. The molecule has 3 fully saturated rings. The summed E-state index contributed by atoms with van der Waals surface area (Å²) in [4.78, 5) is 0. The molecule has 4 heteroatoms. The molecule has 2 bridgehead atoms. The summed E-state index contributed by atoms with van der Waals surface area (Å²) in [5, 5.41) is 3.50. The second-order valence-electron chi connectivity index (χ2n) is 3.73. The Hall–Kier alpha value is -0.0551. The van der Waals surface area contributed by atoms with Crippen molar-refractivity contribution in [1.82, 2.24) is 5.32 Å². The fourth-order valence-corrected chi connectivity index (χ4v) is 2.60. The van der Waals surface area contributed by atoms with Gasteiger partial charge in [-0.05, 0) is 19.7 Å². The highest BCUT2D eigenvalue weighted by atomic mass is 16.7. The first-order valence-corrected chi connectivity index (χ1v) is 4.41. The van der Waals surface area contributed by atoms with Gasteiger partial charge < -0.3 is 14.6 Å². The largest absolute Gasteiger partial charge is 0.454 e. The average Bonchev–Trinajstić information content (AvgIpc) is 2.53. The molecule has 60 valence electrons. The molecule has 3 aliphatic heterocycles. The van der Waals surface area contributed by atoms with Crippen LogP contribution in [0.15, 0.2) is 0 Å². The molecule has 0 spiro atoms. The number of fused-ring (bicyclic) bond motifs is 5. The van der Waals surface area contributed by atoms with Crippen LogP contribution in [0.1, 0.15) is 12.8 Å². The van der Waals surface area contributed by atoms with E-state index in [4.69, 9.17) is 9.31 Å². The van der Waals surface area contributed by atoms with E-state index in [1.807, 2.05) is 6.82 Å². The van der Waals surface area contributed by atoms with E-state index in [-0.39, 0.29) is 7.12 Å². The first kappa shape index (κ1) is 6.46. The molecular weight excluding hydrogens is 141 g/mol. The van der Waals surface area contributed by atoms with Gasteiger partial charge in [-0.25, -0.2) is 0 Å². The molecular formula is C7H12BNO2. The molecule has 0 radical (unpaired) electrons. The number of hydrogen-bond donors (Lipinski definition) is 1. The van der Waals surface area contributed by atoms with Gasteiger partial charge in [0.1, 0.15) is 0 Å². The number of rotatable bonds is 0. The van der Waals surface area contributed by atoms with Gasteiger partial charge in [-0.15, -0.1) is 0 Å². The van der Waals surface area contributed by atoms with Crippen LogP contribution in [-0.4, -0.2) is 31.4 Å². The molecule has 0 aromatic carbocycles. The molecule has 3 saturated heterocycles. The van der Waals surface area contributed by atoms with Gasteiger partial charge in [0.15, 0.2) is 0 Å². The van der Waals surface area contributed by atoms with Crippen molar-refractivity contribution in [2.24, 2.45) is 0 Å². The maximum absolute atomic E-state index is 5.63. The molecule has 3 nitrogen and oxygen atoms in total. The van der Waals surface area contributed by atoms with E-state index in [0.29, 0.717) is 24.3 Å². The molecule has 4 atom stereocenters. The molecule has 4 unspecified atom stereocenters. The third-order valence-corrected chi connectivity index (χ3v) is 3.03. The molecule has 3 rings (SSSR count). The van der Waals surface area contributed by atoms with Gasteiger partial charge in [-0.3, -0.25) is 0 Å². The third-order valence-electron chi connectivity index (χ3n) is 3.03. The predicted octanol–water partition coefficient (Wildman–Crippen LogP) is 0.0226. The van der Waals surface area contributed by atoms with Crippen LogP contribution >= 0.6 is 0 Å². The lowest BCUT2D eigenvalue weighted by atomic mass is 9.95. The van der Waals surface area contributed by atoms with Crippen molar-refractivity contribution in [3.8, 4) is 0 Å². The van der Waals surface area contributed by atoms with Gasteiger partial charge in [-0.2, -0.15) is 0 Å². The molecule has 0 aromatic rings. The Morgan fingerprint density at radius 3 is 2.27 bits per heavy atom. The van der Waals surface area contributed by atoms with Crippen molar-refractivity contribution < 1.29 is 9.31 Å². The van der Waals surface area contributed by atoms with Crippen molar-refractivity contribution in [1.29, 1.82) is 0 Å². The minimum atomic E-state index is 0.0233. The summed E-state index contributed by atoms with van der Waals surface area (Å²) >= 11 is 0. The van der Waals surface area contributed by atoms with Crippen LogP contribution in [0, 0.1) is 0 Å². The smallest absolute Gasteiger partial charge is 0.404 e. The van der Waals surface area contributed by atoms with E-state index in [1.165, 1.54) is 12.8 Å². The molecule has 11 heavy (non-hydrogen) atoms. The summed E-state index contributed by atoms with van der Waals surface area (Å²) in [5.74, 6) is 0. The monoisotopic (exact) mass is 153 g/mol. The Labute approximate surface area is 66.6 Å². The van der Waals surface area contributed by atoms with Crippen LogP contribution in [0.25, 0.3) is 0 Å². The van der Waals surface area contributed by atoms with Gasteiger partial charge in [0, 0.05) is 12.1 Å². The molecule has 3 aliphatic rings. The third kappa shape index (κ3) is 0.749. The van der Waals surface area contributed by atoms with Crippen LogP contribution in [0.5, 0.6) is 0 Å². The molecule has 0 saturated carbocycles. The van der Waals surface area contributed by atoms with E-state index < -0.39 is 0 Å². The summed E-state index contributed by atoms with van der Waals surface area (Å²) < 4.78 is 11.3. The Morgan fingerprint density at radius 1 is 1.18 bits per heavy atom. The van der Waals surface area contributed by atoms with Gasteiger partial charge in [-0.1, -0.05) is 0 Å². The first-order valence-electron chi connectivity index (χ1n) is 4.41. The van der Waals surface area contributed by atoms with Crippen molar-refractivity contribution in [3.05, 3.63) is 0 Å². The van der Waals surface area contributed by atoms with Crippen LogP contribution in [0.4, 0.5) is 0 Å². The van der Waals surface area contributed by atoms with Crippen molar-refractivity contribution in [3.63, 3.8) is 0 Å². The van der Waals surface area contributed by atoms with Gasteiger partial charge in [0.05, 0.1) is 12.2 Å². The van der Waals surface area contributed by atoms with Crippen LogP contribution in [-0.2, 0) is 9.31 Å². The van der Waals surface area contributed by atoms with Crippen molar-refractivity contribution in [2.75, 3.05) is 0 Å². The topological polar surface area (TPSA) is 30.5 Å². The van der Waals surface area contributed by atoms with E-state index in [0.717, 1.165) is 0 Å². The number of nitrogens with one attached hydrogen (secondary N) is 1. The molecule has 0 aliphatic carbocycles. The Bertz CT molecular complexity index is 171. The van der Waals surface area contributed by atoms with Crippen LogP contribution in [0.2, 0.25) is 6.82 Å². The zero-order chi connectivity index (χ0) is 7.42. The SMILES string of the molecule is CB1OC2C3CCC(N3)C2O1. The molecule has 0 aromatic heterocycles. The van der Waals surface area contributed by atoms with Gasteiger partial charge >= 0.3 is 7.12 Å². The van der Waals surface area contributed by atoms with E-state index in [1.54, 1.807) is 0 Å². The van der Waals surface area contributed by atoms with E-state index in [9.17, 15) is 0 Å². The van der Waals surface area contributed by atoms with E-state index >= 15 is 0 Å². The lowest BCUT2D eigenvalue weighted by Crippen LogP contribution is -2.33. The maximum Gasteiger partial charge on any atom is 0.454 e. The van der Waals surface area contributed by atoms with Crippen molar-refractivity contribution in [2.45, 2.75) is 44.0 Å². The maximum atomic E-state index is 5.63. The summed E-state index contributed by atoms with van der Waals surface area (Å²) in [7, 11) is 0.0233. The number of hydrogen-bond acceptors (Lipinski definition) is 3. The second kappa shape index (κ2) is 2.00. The average molecular weight is 153 g/mol. The van der Waals surface area contributed by atoms with Gasteiger partial charge in [0.2, 0.25) is 0 Å². The standard InChI is InChI=1S/C7H12BNO2/c1-8-10-6-4-2-3-5(9-4)7(6)11-8/h4-7,9H,2-3H2,1H3. The van der Waals surface area contributed by atoms with Crippen LogP contribution < -0.4 is 5.32 Å².